The molecule has 0 saturated carbocycles. The highest BCUT2D eigenvalue weighted by atomic mass is 32.1. The minimum Gasteiger partial charge on any atom is -0.512 e. The molecule has 1 aliphatic carbocycles. The fourth-order valence-electron chi connectivity index (χ4n) is 8.83. The standard InChI is InChI=1S/C39H57N3O6.C13H14N2OS.C6H11NO.CH4O/c1-28-8-9-31(24-33(28)37-34(43)25-39(6,7)26-35(37)44)30-10-12-32(13-11-30)48-23-22-46-20-18-41-14-16-42(17-15-41)19-21-47-27-36(45)40-29(2)38(3,4)5;1-9(14-7-16)11-3-5-12(6-4-11)13-10(2)15-8-17-13;1-6-3-2-4-7(6)5-8;1-2/h8-13,24,29,43H,14-23,25-27H2,1-7H3,(H,40,45);3-9H,1-2H3,(H,14,16);5-6H,2-4H2,1H3;2H,1H3. The fraction of sp³-hybridized carbons (Fsp3) is 0.542. The maximum Gasteiger partial charge on any atom is 0.246 e. The number of aromatic nitrogens is 1. The summed E-state index contributed by atoms with van der Waals surface area (Å²) in [5, 5.41) is 23.5. The van der Waals surface area contributed by atoms with Crippen molar-refractivity contribution in [2.24, 2.45) is 10.8 Å². The molecule has 75 heavy (non-hydrogen) atoms. The van der Waals surface area contributed by atoms with E-state index in [9.17, 15) is 24.3 Å². The van der Waals surface area contributed by atoms with Crippen molar-refractivity contribution in [2.75, 3.05) is 86.0 Å². The normalized spacial score (nSPS) is 17.5. The van der Waals surface area contributed by atoms with Crippen molar-refractivity contribution in [3.8, 4) is 27.3 Å². The Bertz CT molecular complexity index is 2410. The highest BCUT2D eigenvalue weighted by molar-refractivity contribution is 7.13. The summed E-state index contributed by atoms with van der Waals surface area (Å²) in [4.78, 5) is 57.6. The lowest BCUT2D eigenvalue weighted by atomic mass is 9.74. The molecule has 16 heteroatoms. The van der Waals surface area contributed by atoms with Crippen molar-refractivity contribution in [3.63, 3.8) is 0 Å². The number of amides is 3. The van der Waals surface area contributed by atoms with E-state index in [1.807, 2.05) is 107 Å². The number of aliphatic hydroxyl groups excluding tert-OH is 2. The number of ether oxygens (including phenoxy) is 3. The van der Waals surface area contributed by atoms with Crippen LogP contribution in [-0.4, -0.2) is 152 Å². The molecule has 4 N–H and O–H groups in total. The summed E-state index contributed by atoms with van der Waals surface area (Å²) in [6, 6.07) is 22.8. The molecule has 0 bridgehead atoms. The summed E-state index contributed by atoms with van der Waals surface area (Å²) >= 11 is 1.64. The number of rotatable bonds is 20. The van der Waals surface area contributed by atoms with Crippen LogP contribution in [-0.2, 0) is 28.7 Å². The first-order valence-corrected chi connectivity index (χ1v) is 27.2. The van der Waals surface area contributed by atoms with E-state index >= 15 is 0 Å². The van der Waals surface area contributed by atoms with Crippen LogP contribution < -0.4 is 15.4 Å². The summed E-state index contributed by atoms with van der Waals surface area (Å²) in [6.07, 6.45) is 4.96. The van der Waals surface area contributed by atoms with Gasteiger partial charge in [-0.1, -0.05) is 83.1 Å². The van der Waals surface area contributed by atoms with Crippen LogP contribution in [0.25, 0.3) is 27.1 Å². The van der Waals surface area contributed by atoms with Gasteiger partial charge in [-0.2, -0.15) is 0 Å². The molecular weight excluding hydrogens is 969 g/mol. The van der Waals surface area contributed by atoms with Crippen molar-refractivity contribution in [2.45, 2.75) is 113 Å². The number of hydrogen-bond acceptors (Lipinski definition) is 13. The average Bonchev–Trinajstić information content (AvgIpc) is 4.02. The lowest BCUT2D eigenvalue weighted by Crippen LogP contribution is -2.48. The number of aliphatic hydroxyl groups is 2. The molecule has 0 radical (unpaired) electrons. The van der Waals surface area contributed by atoms with E-state index in [1.165, 1.54) is 23.3 Å². The van der Waals surface area contributed by atoms with E-state index in [1.54, 1.807) is 11.3 Å². The summed E-state index contributed by atoms with van der Waals surface area (Å²) in [7, 11) is 1.00. The Balaban J connectivity index is 0.000000364. The SMILES string of the molecule is CC1CCCN1C=O.CO.Cc1ccc(-c2ccc(OCCOCCN3CCN(CCOCC(=O)NC(C)C(C)(C)C)CC3)cc2)cc1C1=C(O)CC(C)(C)CC1=O.Cc1ncsc1-c1ccc(C(C)NC=O)cc1. The third-order valence-electron chi connectivity index (χ3n) is 14.0. The van der Waals surface area contributed by atoms with E-state index in [2.05, 4.69) is 65.2 Å². The molecule has 3 heterocycles. The third-order valence-corrected chi connectivity index (χ3v) is 15.0. The molecule has 15 nitrogen and oxygen atoms in total. The van der Waals surface area contributed by atoms with Gasteiger partial charge in [0, 0.05) is 77.8 Å². The number of likely N-dealkylation sites (tertiary alicyclic amines) is 1. The average molecular weight is 1060 g/mol. The number of piperazine rings is 1. The Hall–Kier alpha value is -5.49. The number of hydrogen-bond donors (Lipinski definition) is 4. The highest BCUT2D eigenvalue weighted by Gasteiger charge is 2.34. The van der Waals surface area contributed by atoms with Crippen LogP contribution in [0.1, 0.15) is 109 Å². The monoisotopic (exact) mass is 1050 g/mol. The molecule has 3 aromatic carbocycles. The number of nitrogens with zero attached hydrogens (tertiary/aromatic N) is 4. The first-order chi connectivity index (χ1) is 35.8. The van der Waals surface area contributed by atoms with Gasteiger partial charge in [0.1, 0.15) is 24.7 Å². The lowest BCUT2D eigenvalue weighted by molar-refractivity contribution is -0.127. The molecule has 0 spiro atoms. The van der Waals surface area contributed by atoms with Gasteiger partial charge < -0.3 is 40.0 Å². The van der Waals surface area contributed by atoms with E-state index in [-0.39, 0.29) is 47.0 Å². The van der Waals surface area contributed by atoms with Gasteiger partial charge in [0.15, 0.2) is 5.78 Å². The number of ketones is 1. The van der Waals surface area contributed by atoms with Gasteiger partial charge in [-0.25, -0.2) is 4.98 Å². The molecule has 3 atom stereocenters. The van der Waals surface area contributed by atoms with E-state index in [0.29, 0.717) is 50.9 Å². The minimum absolute atomic E-state index is 0.000120. The smallest absolute Gasteiger partial charge is 0.246 e. The molecule has 2 aliphatic heterocycles. The summed E-state index contributed by atoms with van der Waals surface area (Å²) in [5.74, 6) is 0.908. The number of thiazole rings is 1. The van der Waals surface area contributed by atoms with Crippen molar-refractivity contribution in [1.82, 2.24) is 30.3 Å². The molecule has 1 aromatic heterocycles. The number of carbonyl (C=O) groups excluding carboxylic acids is 4. The van der Waals surface area contributed by atoms with Crippen LogP contribution in [0.3, 0.4) is 0 Å². The lowest BCUT2D eigenvalue weighted by Gasteiger charge is -2.34. The Morgan fingerprint density at radius 3 is 2.00 bits per heavy atom. The first-order valence-electron chi connectivity index (χ1n) is 26.3. The topological polar surface area (TPSA) is 183 Å². The predicted molar refractivity (Wildman–Crippen MR) is 301 cm³/mol. The Kier molecular flexibility index (Phi) is 25.6. The van der Waals surface area contributed by atoms with Gasteiger partial charge in [0.25, 0.3) is 0 Å². The quantitative estimate of drug-likeness (QED) is 0.0488. The molecular formula is C59H86N6O9S. The molecule has 3 amide bonds. The molecule has 2 fully saturated rings. The molecule has 4 aromatic rings. The molecule has 3 unspecified atom stereocenters. The number of carbonyl (C=O) groups is 4. The maximum absolute atomic E-state index is 13.0. The van der Waals surface area contributed by atoms with Crippen molar-refractivity contribution >= 4 is 41.4 Å². The van der Waals surface area contributed by atoms with Crippen molar-refractivity contribution in [1.29, 1.82) is 0 Å². The molecule has 3 aliphatic rings. The van der Waals surface area contributed by atoms with Crippen molar-refractivity contribution in [3.05, 3.63) is 100 Å². The Labute approximate surface area is 451 Å². The number of benzene rings is 3. The first kappa shape index (κ1) is 62.1. The predicted octanol–water partition coefficient (Wildman–Crippen LogP) is 9.06. The van der Waals surface area contributed by atoms with Crippen LogP contribution in [0.2, 0.25) is 0 Å². The van der Waals surface area contributed by atoms with Crippen LogP contribution in [0.5, 0.6) is 5.75 Å². The van der Waals surface area contributed by atoms with Gasteiger partial charge in [-0.15, -0.1) is 11.3 Å². The minimum atomic E-state index is -0.224. The number of nitrogens with one attached hydrogen (secondary N) is 2. The zero-order chi connectivity index (χ0) is 55.1. The maximum atomic E-state index is 13.0. The summed E-state index contributed by atoms with van der Waals surface area (Å²) in [5.41, 5.74) is 9.24. The number of allylic oxidation sites excluding steroid dienone is 2. The highest BCUT2D eigenvalue weighted by Crippen LogP contribution is 2.41. The Morgan fingerprint density at radius 1 is 0.853 bits per heavy atom. The third kappa shape index (κ3) is 20.2. The van der Waals surface area contributed by atoms with Crippen LogP contribution in [0, 0.1) is 24.7 Å². The van der Waals surface area contributed by atoms with E-state index < -0.39 is 0 Å². The second kappa shape index (κ2) is 30.9. The fourth-order valence-corrected chi connectivity index (χ4v) is 9.64. The Morgan fingerprint density at radius 2 is 1.47 bits per heavy atom. The van der Waals surface area contributed by atoms with Crippen LogP contribution in [0.4, 0.5) is 0 Å². The van der Waals surface area contributed by atoms with Gasteiger partial charge in [0.05, 0.1) is 47.5 Å². The van der Waals surface area contributed by atoms with Crippen LogP contribution in [0.15, 0.2) is 78.0 Å². The second-order valence-electron chi connectivity index (χ2n) is 21.4. The van der Waals surface area contributed by atoms with Crippen molar-refractivity contribution < 1.29 is 43.6 Å². The zero-order valence-corrected chi connectivity index (χ0v) is 47.4. The van der Waals surface area contributed by atoms with Gasteiger partial charge in [-0.3, -0.25) is 29.0 Å². The molecule has 2 saturated heterocycles. The van der Waals surface area contributed by atoms with Gasteiger partial charge >= 0.3 is 0 Å². The molecule has 412 valence electrons. The molecule has 7 rings (SSSR count). The number of Topliss-reactive ketones (excluding diaryl/α,β-unsaturated/α-hetero) is 1. The van der Waals surface area contributed by atoms with E-state index in [4.69, 9.17) is 19.3 Å². The zero-order valence-electron chi connectivity index (χ0n) is 46.6. The van der Waals surface area contributed by atoms with Gasteiger partial charge in [0.2, 0.25) is 18.7 Å². The van der Waals surface area contributed by atoms with Gasteiger partial charge in [-0.05, 0) is 110 Å². The summed E-state index contributed by atoms with van der Waals surface area (Å²) in [6.45, 7) is 29.4. The number of aryl methyl sites for hydroxylation is 2. The van der Waals surface area contributed by atoms with Crippen LogP contribution >= 0.6 is 11.3 Å². The largest absolute Gasteiger partial charge is 0.512 e. The van der Waals surface area contributed by atoms with E-state index in [0.717, 1.165) is 105 Å². The second-order valence-corrected chi connectivity index (χ2v) is 22.3. The summed E-state index contributed by atoms with van der Waals surface area (Å²) < 4.78 is 17.4.